The summed E-state index contributed by atoms with van der Waals surface area (Å²) < 4.78 is 2.22. The molecule has 6 bridgehead atoms. The first kappa shape index (κ1) is 28.2. The minimum atomic E-state index is 0.569. The normalized spacial score (nSPS) is 14.8. The van der Waals surface area contributed by atoms with Crippen molar-refractivity contribution in [2.45, 2.75) is 0 Å². The number of hydrogen-bond donors (Lipinski definition) is 1. The lowest BCUT2D eigenvalue weighted by atomic mass is 9.94. The zero-order valence-electron chi connectivity index (χ0n) is 26.8. The number of H-pyrrole nitrogens is 1. The van der Waals surface area contributed by atoms with Gasteiger partial charge in [-0.2, -0.15) is 0 Å². The van der Waals surface area contributed by atoms with Crippen LogP contribution in [-0.2, 0) is 4.79 Å². The lowest BCUT2D eigenvalue weighted by molar-refractivity contribution is -0.103. The van der Waals surface area contributed by atoms with Gasteiger partial charge in [-0.15, -0.1) is 0 Å². The monoisotopic (exact) mass is 640 g/mol. The summed E-state index contributed by atoms with van der Waals surface area (Å²) in [7, 11) is 0. The third-order valence-electron chi connectivity index (χ3n) is 9.80. The Balaban J connectivity index is 1.43. The van der Waals surface area contributed by atoms with E-state index in [9.17, 15) is 4.79 Å². The lowest BCUT2D eigenvalue weighted by Gasteiger charge is -2.12. The van der Waals surface area contributed by atoms with Crippen LogP contribution >= 0.6 is 0 Å². The van der Waals surface area contributed by atoms with Gasteiger partial charge >= 0.3 is 0 Å². The molecule has 0 aliphatic carbocycles. The molecule has 1 N–H and O–H groups in total. The molecule has 3 aromatic heterocycles. The van der Waals surface area contributed by atoms with Crippen molar-refractivity contribution in [3.05, 3.63) is 213 Å². The summed E-state index contributed by atoms with van der Waals surface area (Å²) in [5.41, 5.74) is 14.4. The van der Waals surface area contributed by atoms with Gasteiger partial charge in [0.2, 0.25) is 0 Å². The zero-order valence-corrected chi connectivity index (χ0v) is 26.8. The van der Waals surface area contributed by atoms with Gasteiger partial charge in [-0.25, -0.2) is 9.98 Å². The van der Waals surface area contributed by atoms with Crippen molar-refractivity contribution in [1.82, 2.24) is 9.38 Å². The lowest BCUT2D eigenvalue weighted by Crippen LogP contribution is -2.20. The van der Waals surface area contributed by atoms with Crippen molar-refractivity contribution >= 4 is 39.8 Å². The highest BCUT2D eigenvalue weighted by Gasteiger charge is 2.32. The van der Waals surface area contributed by atoms with Crippen molar-refractivity contribution in [3.63, 3.8) is 0 Å². The summed E-state index contributed by atoms with van der Waals surface area (Å²) in [4.78, 5) is 28.0. The first-order chi connectivity index (χ1) is 24.8. The Kier molecular flexibility index (Phi) is 6.26. The number of nitrogens with zero attached hydrogens (tertiary/aromatic N) is 3. The Bertz CT molecular complexity index is 2830. The van der Waals surface area contributed by atoms with Crippen LogP contribution in [0.1, 0.15) is 27.9 Å². The van der Waals surface area contributed by atoms with E-state index in [1.807, 2.05) is 48.5 Å². The van der Waals surface area contributed by atoms with Crippen LogP contribution in [-0.4, -0.2) is 21.4 Å². The molecule has 0 saturated carbocycles. The van der Waals surface area contributed by atoms with Gasteiger partial charge in [0.25, 0.3) is 0 Å². The van der Waals surface area contributed by atoms with Gasteiger partial charge in [-0.1, -0.05) is 121 Å². The van der Waals surface area contributed by atoms with E-state index in [1.54, 1.807) is 0 Å². The quantitative estimate of drug-likeness (QED) is 0.201. The number of rotatable bonds is 5. The summed E-state index contributed by atoms with van der Waals surface area (Å²) in [6.07, 6.45) is 5.21. The van der Waals surface area contributed by atoms with Crippen LogP contribution in [0.5, 0.6) is 0 Å². The summed E-state index contributed by atoms with van der Waals surface area (Å²) in [5.74, 6) is 0. The Morgan fingerprint density at radius 1 is 0.520 bits per heavy atom. The number of aldehydes is 1. The van der Waals surface area contributed by atoms with Crippen LogP contribution in [0.15, 0.2) is 179 Å². The molecule has 5 heteroatoms. The molecule has 0 atom stereocenters. The summed E-state index contributed by atoms with van der Waals surface area (Å²) in [6, 6.07) is 49.8. The van der Waals surface area contributed by atoms with E-state index in [-0.39, 0.29) is 0 Å². The molecular formula is C45H28N4O. The molecule has 5 nitrogen and oxygen atoms in total. The zero-order chi connectivity index (χ0) is 33.2. The van der Waals surface area contributed by atoms with Crippen molar-refractivity contribution in [2.75, 3.05) is 0 Å². The molecule has 10 rings (SSSR count). The molecule has 7 aromatic rings. The van der Waals surface area contributed by atoms with E-state index in [0.29, 0.717) is 11.3 Å². The van der Waals surface area contributed by atoms with E-state index in [2.05, 4.69) is 119 Å². The minimum absolute atomic E-state index is 0.569. The Hall–Kier alpha value is -6.85. The molecule has 50 heavy (non-hydrogen) atoms. The van der Waals surface area contributed by atoms with Gasteiger partial charge in [-0.3, -0.25) is 9.20 Å². The number of benzene rings is 4. The molecule has 0 radical (unpaired) electrons. The Labute approximate surface area is 287 Å². The maximum absolute atomic E-state index is 13.4. The highest BCUT2D eigenvalue weighted by atomic mass is 16.1. The van der Waals surface area contributed by atoms with E-state index in [0.717, 1.165) is 95.2 Å². The van der Waals surface area contributed by atoms with Gasteiger partial charge in [0.1, 0.15) is 5.49 Å². The number of carbonyl (C=O) groups is 1. The van der Waals surface area contributed by atoms with E-state index < -0.39 is 0 Å². The second kappa shape index (κ2) is 11.1. The number of aliphatic imine (C=N–C) groups is 1. The molecule has 3 aliphatic rings. The smallest absolute Gasteiger partial charge is 0.153 e. The third-order valence-corrected chi connectivity index (χ3v) is 9.80. The first-order valence-electron chi connectivity index (χ1n) is 16.7. The van der Waals surface area contributed by atoms with Gasteiger partial charge in [0.15, 0.2) is 6.29 Å². The second-order valence-corrected chi connectivity index (χ2v) is 12.6. The largest absolute Gasteiger partial charge is 0.354 e. The third kappa shape index (κ3) is 4.17. The van der Waals surface area contributed by atoms with Gasteiger partial charge in [0, 0.05) is 38.5 Å². The highest BCUT2D eigenvalue weighted by Crippen LogP contribution is 2.41. The fourth-order valence-electron chi connectivity index (χ4n) is 7.68. The Morgan fingerprint density at radius 3 is 1.70 bits per heavy atom. The first-order valence-corrected chi connectivity index (χ1v) is 16.7. The van der Waals surface area contributed by atoms with Crippen LogP contribution in [0.25, 0.3) is 38.9 Å². The van der Waals surface area contributed by atoms with Crippen molar-refractivity contribution in [1.29, 1.82) is 0 Å². The average molecular weight is 641 g/mol. The molecule has 6 heterocycles. The number of fused-ring (bicyclic) bond motifs is 4. The van der Waals surface area contributed by atoms with Crippen LogP contribution < -0.4 is 16.2 Å². The number of aromatic amines is 1. The summed E-state index contributed by atoms with van der Waals surface area (Å²) in [5, 5.41) is 1.80. The topological polar surface area (TPSA) is 62.0 Å². The molecule has 3 aliphatic heterocycles. The number of carbonyl (C=O) groups excluding carboxylic acids is 1. The van der Waals surface area contributed by atoms with E-state index >= 15 is 0 Å². The van der Waals surface area contributed by atoms with E-state index in [4.69, 9.17) is 9.98 Å². The average Bonchev–Trinajstić information content (AvgIpc) is 4.01. The maximum atomic E-state index is 13.4. The predicted molar refractivity (Wildman–Crippen MR) is 200 cm³/mol. The molecule has 0 fully saturated rings. The fraction of sp³-hybridized carbons (Fsp3) is 0. The number of hydrogen-bond acceptors (Lipinski definition) is 3. The SMILES string of the molecule is O=CC1=C2N=c3c1c(-c1ccccc1)c1ccc(n31)C(c1ccccc1)=C1C=CC(=N1)C(c1ccccc1)=c1ccc([nH]1)=C2c1ccccc1. The summed E-state index contributed by atoms with van der Waals surface area (Å²) in [6.45, 7) is 0. The number of nitrogens with one attached hydrogen (secondary N) is 1. The Morgan fingerprint density at radius 2 is 1.08 bits per heavy atom. The van der Waals surface area contributed by atoms with Gasteiger partial charge in [0.05, 0.1) is 33.9 Å². The number of aromatic nitrogens is 2. The molecule has 0 spiro atoms. The molecule has 4 aromatic carbocycles. The molecular weight excluding hydrogens is 613 g/mol. The minimum Gasteiger partial charge on any atom is -0.354 e. The molecule has 0 amide bonds. The predicted octanol–water partition coefficient (Wildman–Crippen LogP) is 7.08. The highest BCUT2D eigenvalue weighted by molar-refractivity contribution is 6.30. The fourth-order valence-corrected chi connectivity index (χ4v) is 7.68. The summed E-state index contributed by atoms with van der Waals surface area (Å²) >= 11 is 0. The maximum Gasteiger partial charge on any atom is 0.153 e. The van der Waals surface area contributed by atoms with Crippen LogP contribution in [0.2, 0.25) is 0 Å². The van der Waals surface area contributed by atoms with E-state index in [1.165, 1.54) is 0 Å². The van der Waals surface area contributed by atoms with Crippen LogP contribution in [0, 0.1) is 0 Å². The van der Waals surface area contributed by atoms with Crippen LogP contribution in [0.3, 0.4) is 0 Å². The molecule has 0 saturated heterocycles. The van der Waals surface area contributed by atoms with Gasteiger partial charge in [-0.05, 0) is 58.7 Å². The standard InChI is InChI=1S/C45H28N4O/c50-27-32-43-42(31-19-11-4-12-20-31)38-26-25-37-40(29-15-7-2-8-16-29)35-23-21-33(46-35)39(28-13-5-1-6-14-28)34-22-24-36(47-34)41(30-17-9-3-10-18-30)44(32)48-45(43)49(37)38/h1-27,47H. The second-order valence-electron chi connectivity index (χ2n) is 12.6. The van der Waals surface area contributed by atoms with Crippen molar-refractivity contribution in [3.8, 4) is 11.1 Å². The van der Waals surface area contributed by atoms with Gasteiger partial charge < -0.3 is 4.98 Å². The van der Waals surface area contributed by atoms with Crippen molar-refractivity contribution < 1.29 is 4.79 Å². The number of allylic oxidation sites excluding steroid dienone is 4. The van der Waals surface area contributed by atoms with Crippen LogP contribution in [0.4, 0.5) is 0 Å². The van der Waals surface area contributed by atoms with Crippen molar-refractivity contribution in [2.24, 2.45) is 9.98 Å². The molecule has 234 valence electrons. The molecule has 0 unspecified atom stereocenters.